The molecule has 3 aromatic rings. The average Bonchev–Trinajstić information content (AvgIpc) is 3.31. The summed E-state index contributed by atoms with van der Waals surface area (Å²) in [5, 5.41) is 0.480. The van der Waals surface area contributed by atoms with E-state index >= 15 is 0 Å². The zero-order chi connectivity index (χ0) is 18.1. The summed E-state index contributed by atoms with van der Waals surface area (Å²) in [5.41, 5.74) is 1.54. The molecule has 0 aromatic carbocycles. The lowest BCUT2D eigenvalue weighted by atomic mass is 10.3. The summed E-state index contributed by atoms with van der Waals surface area (Å²) in [6.07, 6.45) is 4.51. The first kappa shape index (κ1) is 16.8. The highest BCUT2D eigenvalue weighted by Gasteiger charge is 2.25. The van der Waals surface area contributed by atoms with E-state index in [0.717, 1.165) is 32.4 Å². The second-order valence-electron chi connectivity index (χ2n) is 6.61. The number of ether oxygens (including phenoxy) is 1. The van der Waals surface area contributed by atoms with Crippen LogP contribution in [0.1, 0.15) is 29.8 Å². The molecule has 1 aliphatic heterocycles. The van der Waals surface area contributed by atoms with Gasteiger partial charge >= 0.3 is 0 Å². The molecule has 1 amide bonds. The molecule has 136 valence electrons. The highest BCUT2D eigenvalue weighted by Crippen LogP contribution is 2.20. The summed E-state index contributed by atoms with van der Waals surface area (Å²) in [6.45, 7) is 2.71. The van der Waals surface area contributed by atoms with Gasteiger partial charge in [-0.15, -0.1) is 0 Å². The molecule has 0 unspecified atom stereocenters. The molecule has 0 saturated carbocycles. The van der Waals surface area contributed by atoms with Crippen LogP contribution in [0.25, 0.3) is 16.7 Å². The fraction of sp³-hybridized carbons (Fsp3) is 0.421. The number of amides is 1. The van der Waals surface area contributed by atoms with Gasteiger partial charge in [0.15, 0.2) is 0 Å². The van der Waals surface area contributed by atoms with Crippen molar-refractivity contribution in [2.75, 3.05) is 26.8 Å². The summed E-state index contributed by atoms with van der Waals surface area (Å²) < 4.78 is 8.55. The summed E-state index contributed by atoms with van der Waals surface area (Å²) in [4.78, 5) is 32.4. The molecule has 0 atom stereocenters. The van der Waals surface area contributed by atoms with Crippen molar-refractivity contribution in [3.05, 3.63) is 46.5 Å². The van der Waals surface area contributed by atoms with Gasteiger partial charge in [-0.1, -0.05) is 6.07 Å². The van der Waals surface area contributed by atoms with E-state index < -0.39 is 0 Å². The Labute approximate surface area is 150 Å². The van der Waals surface area contributed by atoms with Crippen LogP contribution in [0.4, 0.5) is 0 Å². The SMILES string of the molecule is COCCCn1c(C(=O)N2CCCC2)cc2c(=O)n3ccccc3nc21. The average molecular weight is 354 g/mol. The maximum Gasteiger partial charge on any atom is 0.270 e. The third-order valence-corrected chi connectivity index (χ3v) is 4.92. The number of rotatable bonds is 5. The quantitative estimate of drug-likeness (QED) is 0.657. The van der Waals surface area contributed by atoms with Crippen LogP contribution in [0.2, 0.25) is 0 Å². The highest BCUT2D eigenvalue weighted by molar-refractivity contribution is 5.98. The zero-order valence-electron chi connectivity index (χ0n) is 14.9. The minimum Gasteiger partial charge on any atom is -0.385 e. The predicted molar refractivity (Wildman–Crippen MR) is 98.6 cm³/mol. The minimum absolute atomic E-state index is 0.0219. The van der Waals surface area contributed by atoms with Crippen LogP contribution in [-0.4, -0.2) is 51.6 Å². The van der Waals surface area contributed by atoms with E-state index in [1.54, 1.807) is 31.5 Å². The van der Waals surface area contributed by atoms with Crippen molar-refractivity contribution in [2.45, 2.75) is 25.8 Å². The Hall–Kier alpha value is -2.67. The van der Waals surface area contributed by atoms with Gasteiger partial charge in [0.1, 0.15) is 17.0 Å². The minimum atomic E-state index is -0.147. The van der Waals surface area contributed by atoms with Gasteiger partial charge in [0, 0.05) is 39.5 Å². The molecule has 1 aliphatic rings. The fourth-order valence-electron chi connectivity index (χ4n) is 3.60. The van der Waals surface area contributed by atoms with E-state index in [2.05, 4.69) is 4.98 Å². The third kappa shape index (κ3) is 2.78. The molecule has 1 fully saturated rings. The van der Waals surface area contributed by atoms with Crippen molar-refractivity contribution in [2.24, 2.45) is 0 Å². The molecule has 4 heterocycles. The summed E-state index contributed by atoms with van der Waals surface area (Å²) in [6, 6.07) is 7.16. The first-order valence-corrected chi connectivity index (χ1v) is 8.99. The van der Waals surface area contributed by atoms with Crippen LogP contribution in [-0.2, 0) is 11.3 Å². The van der Waals surface area contributed by atoms with E-state index in [-0.39, 0.29) is 11.5 Å². The van der Waals surface area contributed by atoms with Crippen molar-refractivity contribution >= 4 is 22.6 Å². The van der Waals surface area contributed by atoms with Crippen molar-refractivity contribution in [1.82, 2.24) is 18.9 Å². The van der Waals surface area contributed by atoms with Crippen molar-refractivity contribution in [3.63, 3.8) is 0 Å². The van der Waals surface area contributed by atoms with Crippen LogP contribution < -0.4 is 5.56 Å². The number of pyridine rings is 1. The Bertz CT molecular complexity index is 1010. The molecule has 26 heavy (non-hydrogen) atoms. The van der Waals surface area contributed by atoms with E-state index in [1.165, 1.54) is 4.40 Å². The van der Waals surface area contributed by atoms with Crippen LogP contribution in [0.5, 0.6) is 0 Å². The smallest absolute Gasteiger partial charge is 0.270 e. The van der Waals surface area contributed by atoms with E-state index in [0.29, 0.717) is 35.5 Å². The Balaban J connectivity index is 1.89. The van der Waals surface area contributed by atoms with E-state index in [4.69, 9.17) is 4.74 Å². The highest BCUT2D eigenvalue weighted by atomic mass is 16.5. The first-order chi connectivity index (χ1) is 12.7. The molecule has 4 rings (SSSR count). The summed E-state index contributed by atoms with van der Waals surface area (Å²) in [7, 11) is 1.65. The largest absolute Gasteiger partial charge is 0.385 e. The Kier molecular flexibility index (Phi) is 4.46. The molecule has 0 bridgehead atoms. The second kappa shape index (κ2) is 6.92. The molecule has 0 radical (unpaired) electrons. The van der Waals surface area contributed by atoms with Crippen LogP contribution in [0, 0.1) is 0 Å². The number of carbonyl (C=O) groups is 1. The number of aromatic nitrogens is 3. The van der Waals surface area contributed by atoms with Crippen molar-refractivity contribution in [1.29, 1.82) is 0 Å². The number of aryl methyl sites for hydroxylation is 1. The van der Waals surface area contributed by atoms with Gasteiger partial charge in [0.05, 0.1) is 5.39 Å². The standard InChI is InChI=1S/C19H22N4O3/c1-26-12-6-11-22-15(19(25)21-8-4-5-9-21)13-14-17(22)20-16-7-2-3-10-23(16)18(14)24/h2-3,7,10,13H,4-6,8-9,11-12H2,1H3. The molecule has 0 N–H and O–H groups in total. The van der Waals surface area contributed by atoms with Gasteiger partial charge in [-0.3, -0.25) is 14.0 Å². The molecule has 3 aromatic heterocycles. The van der Waals surface area contributed by atoms with Gasteiger partial charge in [-0.25, -0.2) is 4.98 Å². The number of hydrogen-bond donors (Lipinski definition) is 0. The maximum atomic E-state index is 13.0. The van der Waals surface area contributed by atoms with Crippen LogP contribution in [0.3, 0.4) is 0 Å². The fourth-order valence-corrected chi connectivity index (χ4v) is 3.60. The predicted octanol–water partition coefficient (Wildman–Crippen LogP) is 1.92. The van der Waals surface area contributed by atoms with Crippen LogP contribution >= 0.6 is 0 Å². The Morgan fingerprint density at radius 2 is 2.08 bits per heavy atom. The van der Waals surface area contributed by atoms with E-state index in [9.17, 15) is 9.59 Å². The molecule has 0 aliphatic carbocycles. The Morgan fingerprint density at radius 3 is 2.85 bits per heavy atom. The number of nitrogens with zero attached hydrogens (tertiary/aromatic N) is 4. The lowest BCUT2D eigenvalue weighted by molar-refractivity contribution is 0.0781. The molecule has 7 nitrogen and oxygen atoms in total. The lowest BCUT2D eigenvalue weighted by Crippen LogP contribution is -2.29. The van der Waals surface area contributed by atoms with Crippen molar-refractivity contribution in [3.8, 4) is 0 Å². The number of fused-ring (bicyclic) bond motifs is 2. The second-order valence-corrected chi connectivity index (χ2v) is 6.61. The van der Waals surface area contributed by atoms with E-state index in [1.807, 2.05) is 15.5 Å². The summed E-state index contributed by atoms with van der Waals surface area (Å²) >= 11 is 0. The zero-order valence-corrected chi connectivity index (χ0v) is 14.9. The van der Waals surface area contributed by atoms with Gasteiger partial charge in [0.2, 0.25) is 0 Å². The summed E-state index contributed by atoms with van der Waals surface area (Å²) in [5.74, 6) is -0.0219. The maximum absolute atomic E-state index is 13.0. The first-order valence-electron chi connectivity index (χ1n) is 8.99. The number of methoxy groups -OCH3 is 1. The van der Waals surface area contributed by atoms with Crippen LogP contribution in [0.15, 0.2) is 35.3 Å². The molecule has 1 saturated heterocycles. The lowest BCUT2D eigenvalue weighted by Gasteiger charge is -2.17. The third-order valence-electron chi connectivity index (χ3n) is 4.92. The van der Waals surface area contributed by atoms with Gasteiger partial charge < -0.3 is 14.2 Å². The van der Waals surface area contributed by atoms with Gasteiger partial charge in [-0.2, -0.15) is 0 Å². The molecule has 7 heteroatoms. The van der Waals surface area contributed by atoms with Gasteiger partial charge in [-0.05, 0) is 37.5 Å². The topological polar surface area (TPSA) is 68.8 Å². The molecule has 0 spiro atoms. The molecular formula is C19H22N4O3. The Morgan fingerprint density at radius 1 is 1.27 bits per heavy atom. The normalized spacial score (nSPS) is 14.6. The monoisotopic (exact) mass is 354 g/mol. The molecular weight excluding hydrogens is 332 g/mol. The van der Waals surface area contributed by atoms with Crippen molar-refractivity contribution < 1.29 is 9.53 Å². The number of hydrogen-bond acceptors (Lipinski definition) is 4. The number of carbonyl (C=O) groups excluding carboxylic acids is 1. The van der Waals surface area contributed by atoms with Gasteiger partial charge in [0.25, 0.3) is 11.5 Å². The number of likely N-dealkylation sites (tertiary alicyclic amines) is 1.